The molecule has 112 valence electrons. The zero-order valence-electron chi connectivity index (χ0n) is 13.1. The van der Waals surface area contributed by atoms with Crippen LogP contribution in [0, 0.1) is 16.7 Å². The first-order valence-electron chi connectivity index (χ1n) is 7.44. The second-order valence-electron chi connectivity index (χ2n) is 7.01. The molecule has 0 spiro atoms. The number of fused-ring (bicyclic) bond motifs is 2. The van der Waals surface area contributed by atoms with Crippen LogP contribution in [0.2, 0.25) is 0 Å². The van der Waals surface area contributed by atoms with Crippen molar-refractivity contribution in [2.24, 2.45) is 16.7 Å². The van der Waals surface area contributed by atoms with Gasteiger partial charge in [-0.1, -0.05) is 26.8 Å². The zero-order valence-corrected chi connectivity index (χ0v) is 13.1. The molecular formula is C18H22O3. The van der Waals surface area contributed by atoms with Gasteiger partial charge in [0.2, 0.25) is 0 Å². The van der Waals surface area contributed by atoms with Crippen molar-refractivity contribution in [1.82, 2.24) is 0 Å². The number of allylic oxidation sites excluding steroid dienone is 1. The van der Waals surface area contributed by atoms with Gasteiger partial charge in [0.1, 0.15) is 0 Å². The van der Waals surface area contributed by atoms with Crippen LogP contribution in [-0.4, -0.2) is 18.0 Å². The lowest BCUT2D eigenvalue weighted by molar-refractivity contribution is -0.125. The molecule has 3 heteroatoms. The minimum atomic E-state index is -0.232. The average molecular weight is 286 g/mol. The Morgan fingerprint density at radius 1 is 1.33 bits per heavy atom. The summed E-state index contributed by atoms with van der Waals surface area (Å²) in [6, 6.07) is 5.20. The summed E-state index contributed by atoms with van der Waals surface area (Å²) in [6.07, 6.45) is 4.04. The fourth-order valence-electron chi connectivity index (χ4n) is 4.06. The molecule has 1 aromatic carbocycles. The fraction of sp³-hybridized carbons (Fsp3) is 0.500. The first-order valence-corrected chi connectivity index (χ1v) is 7.44. The van der Waals surface area contributed by atoms with Crippen molar-refractivity contribution in [3.8, 4) is 11.5 Å². The molecule has 2 fully saturated rings. The number of phenolic OH excluding ortho intramolecular Hbond substituents is 1. The topological polar surface area (TPSA) is 46.5 Å². The van der Waals surface area contributed by atoms with Crippen LogP contribution in [0.3, 0.4) is 0 Å². The Morgan fingerprint density at radius 3 is 2.62 bits per heavy atom. The van der Waals surface area contributed by atoms with E-state index in [0.29, 0.717) is 11.7 Å². The highest BCUT2D eigenvalue weighted by molar-refractivity contribution is 6.08. The zero-order chi connectivity index (χ0) is 15.4. The van der Waals surface area contributed by atoms with E-state index in [4.69, 9.17) is 4.74 Å². The number of carbonyl (C=O) groups is 1. The SMILES string of the molecule is COc1cc(C=C2C(=O)C3(C)CCC2C3(C)C)ccc1O. The van der Waals surface area contributed by atoms with Gasteiger partial charge in [0, 0.05) is 5.41 Å². The van der Waals surface area contributed by atoms with E-state index in [0.717, 1.165) is 24.0 Å². The maximum absolute atomic E-state index is 12.8. The maximum Gasteiger partial charge on any atom is 0.165 e. The van der Waals surface area contributed by atoms with E-state index < -0.39 is 0 Å². The molecule has 3 rings (SSSR count). The second-order valence-corrected chi connectivity index (χ2v) is 7.01. The molecule has 0 heterocycles. The lowest BCUT2D eigenvalue weighted by atomic mass is 9.70. The van der Waals surface area contributed by atoms with Crippen LogP contribution in [0.25, 0.3) is 6.08 Å². The van der Waals surface area contributed by atoms with Crippen molar-refractivity contribution < 1.29 is 14.6 Å². The number of rotatable bonds is 2. The Bertz CT molecular complexity index is 642. The number of hydrogen-bond donors (Lipinski definition) is 1. The Kier molecular flexibility index (Phi) is 2.94. The van der Waals surface area contributed by atoms with E-state index in [1.807, 2.05) is 12.1 Å². The number of methoxy groups -OCH3 is 1. The van der Waals surface area contributed by atoms with Gasteiger partial charge in [0.25, 0.3) is 0 Å². The van der Waals surface area contributed by atoms with Gasteiger partial charge >= 0.3 is 0 Å². The van der Waals surface area contributed by atoms with Crippen molar-refractivity contribution in [3.05, 3.63) is 29.3 Å². The Labute approximate surface area is 125 Å². The molecule has 0 aliphatic heterocycles. The normalized spacial score (nSPS) is 31.9. The molecule has 1 N–H and O–H groups in total. The third-order valence-corrected chi connectivity index (χ3v) is 5.89. The number of Topliss-reactive ketones (excluding diaryl/α,β-unsaturated/α-hetero) is 1. The van der Waals surface area contributed by atoms with Gasteiger partial charge in [-0.05, 0) is 53.5 Å². The predicted octanol–water partition coefficient (Wildman–Crippen LogP) is 3.81. The quantitative estimate of drug-likeness (QED) is 0.841. The van der Waals surface area contributed by atoms with Crippen molar-refractivity contribution in [2.45, 2.75) is 33.6 Å². The van der Waals surface area contributed by atoms with Gasteiger partial charge in [-0.3, -0.25) is 4.79 Å². The van der Waals surface area contributed by atoms with Gasteiger partial charge in [0.15, 0.2) is 17.3 Å². The van der Waals surface area contributed by atoms with Crippen LogP contribution in [0.15, 0.2) is 23.8 Å². The summed E-state index contributed by atoms with van der Waals surface area (Å²) >= 11 is 0. The molecule has 0 amide bonds. The number of benzene rings is 1. The van der Waals surface area contributed by atoms with E-state index in [2.05, 4.69) is 20.8 Å². The number of ether oxygens (including phenoxy) is 1. The van der Waals surface area contributed by atoms with E-state index in [-0.39, 0.29) is 22.4 Å². The minimum absolute atomic E-state index is 0.0247. The molecule has 0 aromatic heterocycles. The molecule has 2 atom stereocenters. The Morgan fingerprint density at radius 2 is 2.05 bits per heavy atom. The molecule has 2 saturated carbocycles. The monoisotopic (exact) mass is 286 g/mol. The molecule has 2 unspecified atom stereocenters. The lowest BCUT2D eigenvalue weighted by Gasteiger charge is -2.31. The summed E-state index contributed by atoms with van der Waals surface area (Å²) in [7, 11) is 1.53. The summed E-state index contributed by atoms with van der Waals surface area (Å²) < 4.78 is 5.14. The van der Waals surface area contributed by atoms with Crippen LogP contribution in [0.1, 0.15) is 39.2 Å². The number of phenols is 1. The van der Waals surface area contributed by atoms with E-state index >= 15 is 0 Å². The fourth-order valence-corrected chi connectivity index (χ4v) is 4.06. The number of carbonyl (C=O) groups excluding carboxylic acids is 1. The number of hydrogen-bond acceptors (Lipinski definition) is 3. The van der Waals surface area contributed by atoms with Gasteiger partial charge in [-0.25, -0.2) is 0 Å². The molecular weight excluding hydrogens is 264 g/mol. The van der Waals surface area contributed by atoms with Gasteiger partial charge in [0.05, 0.1) is 7.11 Å². The number of aromatic hydroxyl groups is 1. The molecule has 0 radical (unpaired) electrons. The second kappa shape index (κ2) is 4.36. The Balaban J connectivity index is 2.04. The first-order chi connectivity index (χ1) is 9.81. The summed E-state index contributed by atoms with van der Waals surface area (Å²) in [5.74, 6) is 1.17. The van der Waals surface area contributed by atoms with Crippen molar-refractivity contribution in [2.75, 3.05) is 7.11 Å². The Hall–Kier alpha value is -1.77. The summed E-state index contributed by atoms with van der Waals surface area (Å²) in [5, 5.41) is 9.66. The lowest BCUT2D eigenvalue weighted by Crippen LogP contribution is -2.32. The smallest absolute Gasteiger partial charge is 0.165 e. The summed E-state index contributed by atoms with van der Waals surface area (Å²) in [5.41, 5.74) is 1.63. The highest BCUT2D eigenvalue weighted by atomic mass is 16.5. The molecule has 3 nitrogen and oxygen atoms in total. The molecule has 2 aliphatic carbocycles. The summed E-state index contributed by atoms with van der Waals surface area (Å²) in [6.45, 7) is 6.52. The van der Waals surface area contributed by atoms with Crippen molar-refractivity contribution in [3.63, 3.8) is 0 Å². The van der Waals surface area contributed by atoms with Crippen molar-refractivity contribution >= 4 is 11.9 Å². The highest BCUT2D eigenvalue weighted by Gasteiger charge is 2.63. The molecule has 2 aliphatic rings. The van der Waals surface area contributed by atoms with E-state index in [9.17, 15) is 9.90 Å². The van der Waals surface area contributed by atoms with E-state index in [1.54, 1.807) is 12.1 Å². The van der Waals surface area contributed by atoms with Gasteiger partial charge in [-0.2, -0.15) is 0 Å². The molecule has 0 saturated heterocycles. The molecule has 1 aromatic rings. The first kappa shape index (κ1) is 14.2. The predicted molar refractivity (Wildman–Crippen MR) is 82.3 cm³/mol. The largest absolute Gasteiger partial charge is 0.504 e. The van der Waals surface area contributed by atoms with Crippen LogP contribution >= 0.6 is 0 Å². The standard InChI is InChI=1S/C18H22O3/c1-17(2)13-7-8-18(17,3)16(20)12(13)9-11-5-6-14(19)15(10-11)21-4/h5-6,9-10,13,19H,7-8H2,1-4H3. The summed E-state index contributed by atoms with van der Waals surface area (Å²) in [4.78, 5) is 12.8. The van der Waals surface area contributed by atoms with Gasteiger partial charge in [-0.15, -0.1) is 0 Å². The van der Waals surface area contributed by atoms with Crippen LogP contribution in [0.5, 0.6) is 11.5 Å². The maximum atomic E-state index is 12.8. The van der Waals surface area contributed by atoms with Crippen molar-refractivity contribution in [1.29, 1.82) is 0 Å². The number of ketones is 1. The van der Waals surface area contributed by atoms with Gasteiger partial charge < -0.3 is 9.84 Å². The third kappa shape index (κ3) is 1.76. The highest BCUT2D eigenvalue weighted by Crippen LogP contribution is 2.65. The van der Waals surface area contributed by atoms with Crippen LogP contribution in [0.4, 0.5) is 0 Å². The minimum Gasteiger partial charge on any atom is -0.504 e. The average Bonchev–Trinajstić information content (AvgIpc) is 2.75. The molecule has 2 bridgehead atoms. The van der Waals surface area contributed by atoms with E-state index in [1.165, 1.54) is 7.11 Å². The van der Waals surface area contributed by atoms with Crippen LogP contribution in [-0.2, 0) is 4.79 Å². The third-order valence-electron chi connectivity index (χ3n) is 5.89. The van der Waals surface area contributed by atoms with Crippen LogP contribution < -0.4 is 4.74 Å². The molecule has 21 heavy (non-hydrogen) atoms.